The first kappa shape index (κ1) is 11.9. The Morgan fingerprint density at radius 3 is 2.78 bits per heavy atom. The number of hydrogen-bond donors (Lipinski definition) is 0. The van der Waals surface area contributed by atoms with Gasteiger partial charge >= 0.3 is 0 Å². The first-order valence-corrected chi connectivity index (χ1v) is 7.28. The second-order valence-corrected chi connectivity index (χ2v) is 6.14. The standard InChI is InChI=1S/C14H16BrN3/c1-10-12-6-2-3-7-13(12)14(17-16-10)18-8-4-5-11(15)9-18/h2-3,6-7,11H,4-5,8-9H2,1H3. The summed E-state index contributed by atoms with van der Waals surface area (Å²) in [6.45, 7) is 4.11. The lowest BCUT2D eigenvalue weighted by atomic mass is 10.1. The highest BCUT2D eigenvalue weighted by atomic mass is 79.9. The number of aromatic nitrogens is 2. The van der Waals surface area contributed by atoms with Crippen molar-refractivity contribution in [3.05, 3.63) is 30.0 Å². The zero-order valence-corrected chi connectivity index (χ0v) is 12.0. The maximum Gasteiger partial charge on any atom is 0.159 e. The number of anilines is 1. The highest BCUT2D eigenvalue weighted by molar-refractivity contribution is 9.09. The van der Waals surface area contributed by atoms with E-state index >= 15 is 0 Å². The van der Waals surface area contributed by atoms with E-state index in [4.69, 9.17) is 0 Å². The Bertz CT molecular complexity index is 570. The lowest BCUT2D eigenvalue weighted by Crippen LogP contribution is -2.36. The summed E-state index contributed by atoms with van der Waals surface area (Å²) in [5.41, 5.74) is 1.00. The fourth-order valence-corrected chi connectivity index (χ4v) is 3.25. The highest BCUT2D eigenvalue weighted by Gasteiger charge is 2.21. The van der Waals surface area contributed by atoms with E-state index in [0.29, 0.717) is 4.83 Å². The number of alkyl halides is 1. The van der Waals surface area contributed by atoms with Gasteiger partial charge in [0.1, 0.15) is 0 Å². The Labute approximate surface area is 115 Å². The summed E-state index contributed by atoms with van der Waals surface area (Å²) in [6.07, 6.45) is 2.45. The van der Waals surface area contributed by atoms with Gasteiger partial charge in [0.25, 0.3) is 0 Å². The SMILES string of the molecule is Cc1nnc(N2CCCC(Br)C2)c2ccccc12. The number of rotatable bonds is 1. The number of benzene rings is 1. The average Bonchev–Trinajstić information content (AvgIpc) is 2.39. The maximum atomic E-state index is 4.42. The Morgan fingerprint density at radius 1 is 1.22 bits per heavy atom. The van der Waals surface area contributed by atoms with Gasteiger partial charge < -0.3 is 4.90 Å². The van der Waals surface area contributed by atoms with Crippen molar-refractivity contribution in [1.82, 2.24) is 10.2 Å². The van der Waals surface area contributed by atoms with Gasteiger partial charge in [-0.1, -0.05) is 40.2 Å². The zero-order valence-electron chi connectivity index (χ0n) is 10.4. The molecule has 0 spiro atoms. The molecular formula is C14H16BrN3. The average molecular weight is 306 g/mol. The Hall–Kier alpha value is -1.16. The number of hydrogen-bond acceptors (Lipinski definition) is 3. The summed E-state index contributed by atoms with van der Waals surface area (Å²) in [5, 5.41) is 11.1. The number of aryl methyl sites for hydroxylation is 1. The Morgan fingerprint density at radius 2 is 2.00 bits per heavy atom. The summed E-state index contributed by atoms with van der Waals surface area (Å²) in [5.74, 6) is 1.03. The molecule has 18 heavy (non-hydrogen) atoms. The van der Waals surface area contributed by atoms with Crippen molar-refractivity contribution in [3.8, 4) is 0 Å². The van der Waals surface area contributed by atoms with Crippen molar-refractivity contribution in [1.29, 1.82) is 0 Å². The molecular weight excluding hydrogens is 290 g/mol. The lowest BCUT2D eigenvalue weighted by Gasteiger charge is -2.31. The van der Waals surface area contributed by atoms with E-state index in [-0.39, 0.29) is 0 Å². The smallest absolute Gasteiger partial charge is 0.159 e. The van der Waals surface area contributed by atoms with E-state index in [1.54, 1.807) is 0 Å². The van der Waals surface area contributed by atoms with E-state index in [1.165, 1.54) is 23.6 Å². The molecule has 0 aliphatic carbocycles. The Balaban J connectivity index is 2.09. The van der Waals surface area contributed by atoms with Crippen LogP contribution < -0.4 is 4.90 Å². The number of nitrogens with zero attached hydrogens (tertiary/aromatic N) is 3. The molecule has 0 radical (unpaired) electrons. The Kier molecular flexibility index (Phi) is 3.20. The third-order valence-corrected chi connectivity index (χ3v) is 4.26. The summed E-state index contributed by atoms with van der Waals surface area (Å²) in [4.78, 5) is 2.91. The summed E-state index contributed by atoms with van der Waals surface area (Å²) >= 11 is 3.71. The van der Waals surface area contributed by atoms with Crippen LogP contribution in [0.25, 0.3) is 10.8 Å². The van der Waals surface area contributed by atoms with Crippen LogP contribution in [0.3, 0.4) is 0 Å². The lowest BCUT2D eigenvalue weighted by molar-refractivity contribution is 0.590. The van der Waals surface area contributed by atoms with Crippen LogP contribution >= 0.6 is 15.9 Å². The monoisotopic (exact) mass is 305 g/mol. The molecule has 3 rings (SSSR count). The molecule has 94 valence electrons. The molecule has 0 saturated carbocycles. The van der Waals surface area contributed by atoms with Gasteiger partial charge in [-0.15, -0.1) is 5.10 Å². The molecule has 1 aliphatic heterocycles. The minimum atomic E-state index is 0.563. The largest absolute Gasteiger partial charge is 0.353 e. The van der Waals surface area contributed by atoms with Crippen LogP contribution in [0.4, 0.5) is 5.82 Å². The van der Waals surface area contributed by atoms with Crippen molar-refractivity contribution in [2.45, 2.75) is 24.6 Å². The van der Waals surface area contributed by atoms with Gasteiger partial charge in [-0.2, -0.15) is 5.10 Å². The van der Waals surface area contributed by atoms with Crippen LogP contribution in [-0.2, 0) is 0 Å². The molecule has 3 nitrogen and oxygen atoms in total. The normalized spacial score (nSPS) is 20.3. The van der Waals surface area contributed by atoms with Crippen LogP contribution in [0.1, 0.15) is 18.5 Å². The minimum absolute atomic E-state index is 0.563. The van der Waals surface area contributed by atoms with E-state index in [0.717, 1.165) is 24.6 Å². The first-order chi connectivity index (χ1) is 8.75. The van der Waals surface area contributed by atoms with E-state index < -0.39 is 0 Å². The van der Waals surface area contributed by atoms with Crippen molar-refractivity contribution in [2.75, 3.05) is 18.0 Å². The van der Waals surface area contributed by atoms with Crippen LogP contribution in [0.2, 0.25) is 0 Å². The third kappa shape index (κ3) is 2.09. The molecule has 1 atom stereocenters. The second kappa shape index (κ2) is 4.84. The highest BCUT2D eigenvalue weighted by Crippen LogP contribution is 2.28. The van der Waals surface area contributed by atoms with Gasteiger partial charge in [-0.3, -0.25) is 0 Å². The number of halogens is 1. The molecule has 1 aliphatic rings. The zero-order chi connectivity index (χ0) is 12.5. The molecule has 2 aromatic rings. The van der Waals surface area contributed by atoms with Crippen LogP contribution in [0.15, 0.2) is 24.3 Å². The topological polar surface area (TPSA) is 29.0 Å². The molecule has 0 N–H and O–H groups in total. The molecule has 4 heteroatoms. The van der Waals surface area contributed by atoms with Crippen LogP contribution in [-0.4, -0.2) is 28.1 Å². The van der Waals surface area contributed by atoms with Crippen molar-refractivity contribution >= 4 is 32.5 Å². The van der Waals surface area contributed by atoms with Crippen LogP contribution in [0, 0.1) is 6.92 Å². The van der Waals surface area contributed by atoms with Gasteiger partial charge in [-0.25, -0.2) is 0 Å². The molecule has 0 bridgehead atoms. The first-order valence-electron chi connectivity index (χ1n) is 6.37. The predicted molar refractivity (Wildman–Crippen MR) is 78.4 cm³/mol. The molecule has 1 aromatic heterocycles. The molecule has 2 heterocycles. The molecule has 1 unspecified atom stereocenters. The number of fused-ring (bicyclic) bond motifs is 1. The van der Waals surface area contributed by atoms with Crippen LogP contribution in [0.5, 0.6) is 0 Å². The summed E-state index contributed by atoms with van der Waals surface area (Å²) in [7, 11) is 0. The van der Waals surface area contributed by atoms with Gasteiger partial charge in [0, 0.05) is 28.7 Å². The summed E-state index contributed by atoms with van der Waals surface area (Å²) < 4.78 is 0. The molecule has 1 aromatic carbocycles. The number of piperidine rings is 1. The van der Waals surface area contributed by atoms with Crippen molar-refractivity contribution in [3.63, 3.8) is 0 Å². The second-order valence-electron chi connectivity index (χ2n) is 4.84. The van der Waals surface area contributed by atoms with Gasteiger partial charge in [0.05, 0.1) is 5.69 Å². The van der Waals surface area contributed by atoms with E-state index in [9.17, 15) is 0 Å². The molecule has 1 saturated heterocycles. The van der Waals surface area contributed by atoms with Crippen molar-refractivity contribution in [2.24, 2.45) is 0 Å². The minimum Gasteiger partial charge on any atom is -0.353 e. The van der Waals surface area contributed by atoms with Gasteiger partial charge in [0.2, 0.25) is 0 Å². The fourth-order valence-electron chi connectivity index (χ4n) is 2.58. The van der Waals surface area contributed by atoms with Gasteiger partial charge in [-0.05, 0) is 19.8 Å². The van der Waals surface area contributed by atoms with E-state index in [2.05, 4.69) is 55.3 Å². The molecule has 1 fully saturated rings. The maximum absolute atomic E-state index is 4.42. The summed E-state index contributed by atoms with van der Waals surface area (Å²) in [6, 6.07) is 8.40. The molecule has 0 amide bonds. The quantitative estimate of drug-likeness (QED) is 0.757. The third-order valence-electron chi connectivity index (χ3n) is 3.52. The fraction of sp³-hybridized carbons (Fsp3) is 0.429. The predicted octanol–water partition coefficient (Wildman–Crippen LogP) is 3.30. The van der Waals surface area contributed by atoms with Crippen molar-refractivity contribution < 1.29 is 0 Å². The van der Waals surface area contributed by atoms with Gasteiger partial charge in [0.15, 0.2) is 5.82 Å². The van der Waals surface area contributed by atoms with E-state index in [1.807, 2.05) is 6.92 Å².